The Morgan fingerprint density at radius 2 is 1.88 bits per heavy atom. The number of anilines is 3. The van der Waals surface area contributed by atoms with Gasteiger partial charge in [0.1, 0.15) is 23.2 Å². The van der Waals surface area contributed by atoms with Crippen molar-refractivity contribution in [2.45, 2.75) is 6.18 Å². The maximum Gasteiger partial charge on any atom is 0.433 e. The number of hydrogen-bond acceptors (Lipinski definition) is 8. The number of nitrogens with zero attached hydrogens (tertiary/aromatic N) is 6. The largest absolute Gasteiger partial charge is 0.433 e. The van der Waals surface area contributed by atoms with E-state index in [-0.39, 0.29) is 29.1 Å². The molecule has 0 bridgehead atoms. The van der Waals surface area contributed by atoms with Gasteiger partial charge in [0.05, 0.1) is 0 Å². The summed E-state index contributed by atoms with van der Waals surface area (Å²) < 4.78 is 38.4. The number of nitrogens with two attached hydrogens (primary N) is 1. The molecule has 0 fully saturated rings. The van der Waals surface area contributed by atoms with Crippen molar-refractivity contribution in [2.75, 3.05) is 11.1 Å². The molecule has 0 atom stereocenters. The molecule has 3 aromatic heterocycles. The van der Waals surface area contributed by atoms with Crippen LogP contribution in [0.3, 0.4) is 0 Å². The molecule has 3 aromatic rings. The first-order chi connectivity index (χ1) is 12.3. The molecule has 130 valence electrons. The molecule has 3 N–H and O–H groups in total. The van der Waals surface area contributed by atoms with Crippen LogP contribution in [-0.4, -0.2) is 24.9 Å². The van der Waals surface area contributed by atoms with Crippen LogP contribution in [0, 0.1) is 11.3 Å². The van der Waals surface area contributed by atoms with Gasteiger partial charge < -0.3 is 11.1 Å². The molecule has 0 spiro atoms. The van der Waals surface area contributed by atoms with Gasteiger partial charge in [-0.05, 0) is 24.3 Å². The van der Waals surface area contributed by atoms with Gasteiger partial charge in [-0.15, -0.1) is 0 Å². The summed E-state index contributed by atoms with van der Waals surface area (Å²) in [7, 11) is 0. The third-order valence-electron chi connectivity index (χ3n) is 3.05. The lowest BCUT2D eigenvalue weighted by Crippen LogP contribution is -2.10. The molecule has 0 aliphatic heterocycles. The molecule has 0 aromatic carbocycles. The molecule has 8 nitrogen and oxygen atoms in total. The third-order valence-corrected chi connectivity index (χ3v) is 3.05. The predicted molar refractivity (Wildman–Crippen MR) is 84.7 cm³/mol. The van der Waals surface area contributed by atoms with Crippen molar-refractivity contribution in [3.63, 3.8) is 0 Å². The van der Waals surface area contributed by atoms with E-state index in [9.17, 15) is 13.2 Å². The fraction of sp³-hybridized carbons (Fsp3) is 0.0667. The number of alkyl halides is 3. The highest BCUT2D eigenvalue weighted by atomic mass is 19.4. The van der Waals surface area contributed by atoms with Gasteiger partial charge in [0.15, 0.2) is 5.82 Å². The number of aromatic nitrogens is 5. The summed E-state index contributed by atoms with van der Waals surface area (Å²) in [6.45, 7) is 0. The summed E-state index contributed by atoms with van der Waals surface area (Å²) in [6.07, 6.45) is -3.19. The van der Waals surface area contributed by atoms with Gasteiger partial charge >= 0.3 is 6.18 Å². The minimum Gasteiger partial charge on any atom is -0.368 e. The van der Waals surface area contributed by atoms with Crippen LogP contribution in [0.1, 0.15) is 11.4 Å². The molecule has 3 rings (SSSR count). The van der Waals surface area contributed by atoms with Gasteiger partial charge in [-0.1, -0.05) is 6.07 Å². The number of halogens is 3. The molecule has 0 aliphatic rings. The van der Waals surface area contributed by atoms with Crippen LogP contribution in [0.25, 0.3) is 11.5 Å². The summed E-state index contributed by atoms with van der Waals surface area (Å²) in [5.41, 5.74) is 5.05. The zero-order valence-electron chi connectivity index (χ0n) is 12.9. The molecule has 11 heteroatoms. The molecule has 0 saturated carbocycles. The Labute approximate surface area is 144 Å². The highest BCUT2D eigenvalue weighted by Crippen LogP contribution is 2.29. The summed E-state index contributed by atoms with van der Waals surface area (Å²) in [6, 6.07) is 8.24. The van der Waals surface area contributed by atoms with Crippen LogP contribution in [0.4, 0.5) is 30.8 Å². The van der Waals surface area contributed by atoms with E-state index in [1.807, 2.05) is 6.07 Å². The maximum absolute atomic E-state index is 12.8. The van der Waals surface area contributed by atoms with Crippen molar-refractivity contribution >= 4 is 17.6 Å². The molecule has 3 heterocycles. The van der Waals surface area contributed by atoms with Crippen molar-refractivity contribution in [1.29, 1.82) is 5.26 Å². The molecule has 0 saturated heterocycles. The molecule has 0 amide bonds. The van der Waals surface area contributed by atoms with Crippen LogP contribution >= 0.6 is 0 Å². The second kappa shape index (κ2) is 6.60. The van der Waals surface area contributed by atoms with Gasteiger partial charge in [0.2, 0.25) is 11.9 Å². The first-order valence-electron chi connectivity index (χ1n) is 7.04. The molecule has 0 unspecified atom stereocenters. The summed E-state index contributed by atoms with van der Waals surface area (Å²) >= 11 is 0. The minimum atomic E-state index is -4.60. The van der Waals surface area contributed by atoms with Gasteiger partial charge in [0.25, 0.3) is 0 Å². The second-order valence-electron chi connectivity index (χ2n) is 4.91. The number of pyridine rings is 2. The van der Waals surface area contributed by atoms with E-state index < -0.39 is 11.9 Å². The fourth-order valence-electron chi connectivity index (χ4n) is 1.98. The standard InChI is InChI=1S/C15H9F3N8/c16-15(17,18)11-3-1-2-10(23-11)12-24-13(20)26-14(25-12)22-8-4-5-21-9(6-8)7-19/h1-6H,(H3,20,21,22,24,25,26). The van der Waals surface area contributed by atoms with Crippen molar-refractivity contribution in [1.82, 2.24) is 24.9 Å². The summed E-state index contributed by atoms with van der Waals surface area (Å²) in [4.78, 5) is 19.1. The van der Waals surface area contributed by atoms with E-state index in [0.717, 1.165) is 6.07 Å². The van der Waals surface area contributed by atoms with Gasteiger partial charge in [-0.25, -0.2) is 9.97 Å². The van der Waals surface area contributed by atoms with E-state index >= 15 is 0 Å². The van der Waals surface area contributed by atoms with Crippen molar-refractivity contribution in [3.05, 3.63) is 47.9 Å². The zero-order chi connectivity index (χ0) is 18.7. The smallest absolute Gasteiger partial charge is 0.368 e. The number of nitrogen functional groups attached to an aromatic ring is 1. The van der Waals surface area contributed by atoms with Gasteiger partial charge in [-0.3, -0.25) is 0 Å². The normalized spacial score (nSPS) is 11.0. The maximum atomic E-state index is 12.8. The Hall–Kier alpha value is -3.81. The van der Waals surface area contributed by atoms with Crippen molar-refractivity contribution in [2.24, 2.45) is 0 Å². The van der Waals surface area contributed by atoms with Crippen LogP contribution in [0.2, 0.25) is 0 Å². The number of rotatable bonds is 3. The lowest BCUT2D eigenvalue weighted by atomic mass is 10.3. The van der Waals surface area contributed by atoms with Crippen LogP contribution in [-0.2, 0) is 6.18 Å². The molecule has 0 radical (unpaired) electrons. The first kappa shape index (κ1) is 17.0. The average molecular weight is 358 g/mol. The number of nitrogens with one attached hydrogen (secondary N) is 1. The van der Waals surface area contributed by atoms with Gasteiger partial charge in [-0.2, -0.15) is 33.4 Å². The Balaban J connectivity index is 1.97. The number of nitriles is 1. The quantitative estimate of drug-likeness (QED) is 0.731. The third kappa shape index (κ3) is 3.81. The lowest BCUT2D eigenvalue weighted by Gasteiger charge is -2.09. The number of hydrogen-bond donors (Lipinski definition) is 2. The van der Waals surface area contributed by atoms with E-state index in [1.165, 1.54) is 24.4 Å². The predicted octanol–water partition coefficient (Wildman–Crippen LogP) is 2.54. The van der Waals surface area contributed by atoms with Crippen molar-refractivity contribution < 1.29 is 13.2 Å². The topological polar surface area (TPSA) is 126 Å². The Morgan fingerprint density at radius 3 is 2.62 bits per heavy atom. The van der Waals surface area contributed by atoms with E-state index in [1.54, 1.807) is 6.07 Å². The first-order valence-corrected chi connectivity index (χ1v) is 7.04. The van der Waals surface area contributed by atoms with Gasteiger partial charge in [0, 0.05) is 11.9 Å². The van der Waals surface area contributed by atoms with Crippen LogP contribution in [0.15, 0.2) is 36.5 Å². The van der Waals surface area contributed by atoms with Crippen LogP contribution in [0.5, 0.6) is 0 Å². The Bertz CT molecular complexity index is 997. The highest BCUT2D eigenvalue weighted by molar-refractivity contribution is 5.59. The van der Waals surface area contributed by atoms with E-state index in [0.29, 0.717) is 5.69 Å². The molecular formula is C15H9F3N8. The zero-order valence-corrected chi connectivity index (χ0v) is 12.9. The lowest BCUT2D eigenvalue weighted by molar-refractivity contribution is -0.141. The average Bonchev–Trinajstić information content (AvgIpc) is 2.61. The second-order valence-corrected chi connectivity index (χ2v) is 4.91. The summed E-state index contributed by atoms with van der Waals surface area (Å²) in [5, 5.41) is 11.6. The fourth-order valence-corrected chi connectivity index (χ4v) is 1.98. The monoisotopic (exact) mass is 358 g/mol. The van der Waals surface area contributed by atoms with Crippen LogP contribution < -0.4 is 11.1 Å². The molecular weight excluding hydrogens is 349 g/mol. The van der Waals surface area contributed by atoms with E-state index in [2.05, 4.69) is 30.2 Å². The van der Waals surface area contributed by atoms with E-state index in [4.69, 9.17) is 11.0 Å². The molecule has 0 aliphatic carbocycles. The summed E-state index contributed by atoms with van der Waals surface area (Å²) in [5.74, 6) is -0.339. The van der Waals surface area contributed by atoms with Crippen molar-refractivity contribution in [3.8, 4) is 17.6 Å². The highest BCUT2D eigenvalue weighted by Gasteiger charge is 2.32. The Kier molecular flexibility index (Phi) is 4.32. The SMILES string of the molecule is N#Cc1cc(Nc2nc(N)nc(-c3cccc(C(F)(F)F)n3)n2)ccn1. The molecule has 26 heavy (non-hydrogen) atoms. The minimum absolute atomic E-state index is 0.0122. The Morgan fingerprint density at radius 1 is 1.08 bits per heavy atom.